The Morgan fingerprint density at radius 2 is 1.87 bits per heavy atom. The molecule has 0 aliphatic carbocycles. The van der Waals surface area contributed by atoms with Crippen molar-refractivity contribution in [2.45, 2.75) is 38.1 Å². The van der Waals surface area contributed by atoms with Crippen LogP contribution in [0.4, 0.5) is 0 Å². The molecule has 1 N–H and O–H groups in total. The number of nitrogens with zero attached hydrogens (tertiary/aromatic N) is 1. The highest BCUT2D eigenvalue weighted by molar-refractivity contribution is 5.85. The summed E-state index contributed by atoms with van der Waals surface area (Å²) in [6, 6.07) is 13.2. The second-order valence-electron chi connectivity index (χ2n) is 6.14. The molecule has 1 saturated heterocycles. The van der Waals surface area contributed by atoms with Crippen LogP contribution in [-0.4, -0.2) is 34.5 Å². The molecule has 1 aliphatic heterocycles. The summed E-state index contributed by atoms with van der Waals surface area (Å²) in [5.41, 5.74) is 0.952. The van der Waals surface area contributed by atoms with Crippen LogP contribution in [0.25, 0.3) is 10.8 Å². The van der Waals surface area contributed by atoms with Crippen molar-refractivity contribution >= 4 is 22.6 Å². The van der Waals surface area contributed by atoms with Crippen molar-refractivity contribution < 1.29 is 14.7 Å². The van der Waals surface area contributed by atoms with Gasteiger partial charge in [-0.3, -0.25) is 4.79 Å². The van der Waals surface area contributed by atoms with Gasteiger partial charge in [0.25, 0.3) is 0 Å². The van der Waals surface area contributed by atoms with Gasteiger partial charge in [0.1, 0.15) is 6.04 Å². The normalized spacial score (nSPS) is 17.0. The van der Waals surface area contributed by atoms with E-state index in [4.69, 9.17) is 0 Å². The molecule has 120 valence electrons. The maximum absolute atomic E-state index is 12.2. The van der Waals surface area contributed by atoms with E-state index in [1.54, 1.807) is 4.90 Å². The molecule has 0 bridgehead atoms. The maximum Gasteiger partial charge on any atom is 0.326 e. The van der Waals surface area contributed by atoms with Crippen molar-refractivity contribution in [1.82, 2.24) is 4.90 Å². The van der Waals surface area contributed by atoms with E-state index in [1.807, 2.05) is 42.5 Å². The largest absolute Gasteiger partial charge is 0.480 e. The first-order valence-electron chi connectivity index (χ1n) is 8.15. The van der Waals surface area contributed by atoms with Gasteiger partial charge in [-0.2, -0.15) is 0 Å². The molecule has 0 saturated carbocycles. The van der Waals surface area contributed by atoms with Crippen LogP contribution in [0.1, 0.15) is 31.2 Å². The fourth-order valence-corrected chi connectivity index (χ4v) is 3.25. The van der Waals surface area contributed by atoms with Gasteiger partial charge in [-0.1, -0.05) is 48.9 Å². The Morgan fingerprint density at radius 3 is 2.65 bits per heavy atom. The van der Waals surface area contributed by atoms with Crippen LogP contribution >= 0.6 is 0 Å². The molecule has 4 heteroatoms. The number of aliphatic carboxylic acids is 1. The molecule has 2 aromatic carbocycles. The summed E-state index contributed by atoms with van der Waals surface area (Å²) in [5.74, 6) is -0.955. The smallest absolute Gasteiger partial charge is 0.326 e. The molecular weight excluding hydrogens is 290 g/mol. The fourth-order valence-electron chi connectivity index (χ4n) is 3.25. The first kappa shape index (κ1) is 15.5. The summed E-state index contributed by atoms with van der Waals surface area (Å²) in [5, 5.41) is 11.8. The zero-order chi connectivity index (χ0) is 16.2. The van der Waals surface area contributed by atoms with E-state index in [0.717, 1.165) is 35.6 Å². The Balaban J connectivity index is 1.85. The summed E-state index contributed by atoms with van der Waals surface area (Å²) in [6.07, 6.45) is 3.54. The van der Waals surface area contributed by atoms with E-state index in [1.165, 1.54) is 0 Å². The number of carboxylic acid groups (broad SMARTS) is 1. The van der Waals surface area contributed by atoms with E-state index in [2.05, 4.69) is 0 Å². The molecule has 0 spiro atoms. The van der Waals surface area contributed by atoms with Crippen molar-refractivity contribution in [3.8, 4) is 0 Å². The van der Waals surface area contributed by atoms with Gasteiger partial charge in [0.2, 0.25) is 5.91 Å². The number of likely N-dealkylation sites (tertiary alicyclic amines) is 1. The Hall–Kier alpha value is -2.36. The number of rotatable bonds is 4. The third kappa shape index (κ3) is 3.52. The number of carbonyl (C=O) groups is 2. The first-order valence-corrected chi connectivity index (χ1v) is 8.15. The quantitative estimate of drug-likeness (QED) is 0.943. The highest BCUT2D eigenvalue weighted by Gasteiger charge is 2.30. The molecule has 4 nitrogen and oxygen atoms in total. The molecule has 1 amide bonds. The number of amides is 1. The SMILES string of the molecule is O=C(O)C(Cc1ccc2ccccc2c1)N1CCCCCC1=O. The van der Waals surface area contributed by atoms with Gasteiger partial charge in [-0.25, -0.2) is 4.79 Å². The average Bonchev–Trinajstić information content (AvgIpc) is 2.77. The van der Waals surface area contributed by atoms with Gasteiger partial charge in [0.05, 0.1) is 0 Å². The minimum absolute atomic E-state index is 0.0318. The van der Waals surface area contributed by atoms with Crippen LogP contribution in [0.2, 0.25) is 0 Å². The van der Waals surface area contributed by atoms with Gasteiger partial charge in [-0.15, -0.1) is 0 Å². The van der Waals surface area contributed by atoms with Crippen LogP contribution in [0.5, 0.6) is 0 Å². The number of hydrogen-bond donors (Lipinski definition) is 1. The summed E-state index contributed by atoms with van der Waals surface area (Å²) in [7, 11) is 0. The minimum Gasteiger partial charge on any atom is -0.480 e. The predicted molar refractivity (Wildman–Crippen MR) is 89.3 cm³/mol. The van der Waals surface area contributed by atoms with Crippen LogP contribution < -0.4 is 0 Å². The van der Waals surface area contributed by atoms with Gasteiger partial charge in [-0.05, 0) is 29.2 Å². The van der Waals surface area contributed by atoms with Gasteiger partial charge >= 0.3 is 5.97 Å². The standard InChI is InChI=1S/C19H21NO3/c21-18-8-2-1-5-11-20(18)17(19(22)23)13-14-9-10-15-6-3-4-7-16(15)12-14/h3-4,6-7,9-10,12,17H,1-2,5,8,11,13H2,(H,22,23). The molecule has 1 atom stereocenters. The molecule has 0 aromatic heterocycles. The molecular formula is C19H21NO3. The molecule has 1 fully saturated rings. The van der Waals surface area contributed by atoms with E-state index >= 15 is 0 Å². The lowest BCUT2D eigenvalue weighted by Gasteiger charge is -2.28. The van der Waals surface area contributed by atoms with E-state index in [-0.39, 0.29) is 5.91 Å². The molecule has 2 aromatic rings. The lowest BCUT2D eigenvalue weighted by atomic mass is 10.0. The van der Waals surface area contributed by atoms with Crippen LogP contribution in [0.3, 0.4) is 0 Å². The Kier molecular flexibility index (Phi) is 4.60. The second kappa shape index (κ2) is 6.82. The van der Waals surface area contributed by atoms with Gasteiger partial charge in [0, 0.05) is 19.4 Å². The van der Waals surface area contributed by atoms with Crippen LogP contribution in [-0.2, 0) is 16.0 Å². The third-order valence-corrected chi connectivity index (χ3v) is 4.51. The number of carbonyl (C=O) groups excluding carboxylic acids is 1. The first-order chi connectivity index (χ1) is 11.1. The van der Waals surface area contributed by atoms with E-state index in [9.17, 15) is 14.7 Å². The Bertz CT molecular complexity index is 725. The molecule has 1 unspecified atom stereocenters. The van der Waals surface area contributed by atoms with Crippen LogP contribution in [0, 0.1) is 0 Å². The van der Waals surface area contributed by atoms with E-state index < -0.39 is 12.0 Å². The predicted octanol–water partition coefficient (Wildman–Crippen LogP) is 3.24. The molecule has 1 aliphatic rings. The number of fused-ring (bicyclic) bond motifs is 1. The average molecular weight is 311 g/mol. The topological polar surface area (TPSA) is 57.6 Å². The van der Waals surface area contributed by atoms with Crippen molar-refractivity contribution in [2.75, 3.05) is 6.54 Å². The number of carboxylic acids is 1. The monoisotopic (exact) mass is 311 g/mol. The summed E-state index contributed by atoms with van der Waals surface area (Å²) in [4.78, 5) is 25.5. The van der Waals surface area contributed by atoms with Crippen molar-refractivity contribution in [3.05, 3.63) is 48.0 Å². The molecule has 0 radical (unpaired) electrons. The third-order valence-electron chi connectivity index (χ3n) is 4.51. The van der Waals surface area contributed by atoms with Crippen molar-refractivity contribution in [2.24, 2.45) is 0 Å². The lowest BCUT2D eigenvalue weighted by Crippen LogP contribution is -2.46. The maximum atomic E-state index is 12.2. The summed E-state index contributed by atoms with van der Waals surface area (Å²) >= 11 is 0. The second-order valence-corrected chi connectivity index (χ2v) is 6.14. The van der Waals surface area contributed by atoms with E-state index in [0.29, 0.717) is 19.4 Å². The zero-order valence-corrected chi connectivity index (χ0v) is 13.1. The molecule has 3 rings (SSSR count). The molecule has 1 heterocycles. The van der Waals surface area contributed by atoms with Crippen molar-refractivity contribution in [1.29, 1.82) is 0 Å². The highest BCUT2D eigenvalue weighted by atomic mass is 16.4. The van der Waals surface area contributed by atoms with Gasteiger partial charge in [0.15, 0.2) is 0 Å². The zero-order valence-electron chi connectivity index (χ0n) is 13.1. The number of hydrogen-bond acceptors (Lipinski definition) is 2. The summed E-state index contributed by atoms with van der Waals surface area (Å²) < 4.78 is 0. The fraction of sp³-hybridized carbons (Fsp3) is 0.368. The van der Waals surface area contributed by atoms with Gasteiger partial charge < -0.3 is 10.0 Å². The Morgan fingerprint density at radius 1 is 1.09 bits per heavy atom. The Labute approximate surface area is 135 Å². The number of benzene rings is 2. The lowest BCUT2D eigenvalue weighted by molar-refractivity contribution is -0.149. The van der Waals surface area contributed by atoms with Crippen LogP contribution in [0.15, 0.2) is 42.5 Å². The highest BCUT2D eigenvalue weighted by Crippen LogP contribution is 2.20. The summed E-state index contributed by atoms with van der Waals surface area (Å²) in [6.45, 7) is 0.545. The molecule has 23 heavy (non-hydrogen) atoms. The minimum atomic E-state index is -0.923. The van der Waals surface area contributed by atoms with Crippen molar-refractivity contribution in [3.63, 3.8) is 0 Å².